The fourth-order valence-corrected chi connectivity index (χ4v) is 1.25. The van der Waals surface area contributed by atoms with Crippen molar-refractivity contribution in [3.63, 3.8) is 0 Å². The summed E-state index contributed by atoms with van der Waals surface area (Å²) in [5.74, 6) is -0.214. The highest BCUT2D eigenvalue weighted by atomic mass is 16.5. The van der Waals surface area contributed by atoms with Gasteiger partial charge in [-0.3, -0.25) is 4.79 Å². The molecular formula is C10H22N2O2. The number of unbranched alkanes of at least 4 members (excludes halogenated alkanes) is 1. The van der Waals surface area contributed by atoms with E-state index in [-0.39, 0.29) is 5.91 Å². The maximum absolute atomic E-state index is 10.4. The molecule has 0 radical (unpaired) electrons. The van der Waals surface area contributed by atoms with Gasteiger partial charge in [0.25, 0.3) is 0 Å². The molecule has 0 rings (SSSR count). The van der Waals surface area contributed by atoms with Gasteiger partial charge in [-0.05, 0) is 25.8 Å². The number of nitrogens with two attached hydrogens (primary N) is 1. The maximum Gasteiger partial charge on any atom is 0.217 e. The second-order valence-corrected chi connectivity index (χ2v) is 3.44. The lowest BCUT2D eigenvalue weighted by Crippen LogP contribution is -2.33. The molecule has 0 aliphatic carbocycles. The topological polar surface area (TPSA) is 64.3 Å². The van der Waals surface area contributed by atoms with E-state index in [0.29, 0.717) is 12.5 Å². The Balaban J connectivity index is 3.28. The van der Waals surface area contributed by atoms with Crippen molar-refractivity contribution in [1.82, 2.24) is 5.32 Å². The van der Waals surface area contributed by atoms with Gasteiger partial charge in [-0.15, -0.1) is 0 Å². The van der Waals surface area contributed by atoms with Gasteiger partial charge in [0, 0.05) is 19.6 Å². The average Bonchev–Trinajstić information content (AvgIpc) is 2.15. The van der Waals surface area contributed by atoms with Gasteiger partial charge in [0.15, 0.2) is 0 Å². The van der Waals surface area contributed by atoms with E-state index in [0.717, 1.165) is 32.4 Å². The minimum atomic E-state index is -0.214. The van der Waals surface area contributed by atoms with Crippen molar-refractivity contribution in [3.8, 4) is 0 Å². The number of amides is 1. The van der Waals surface area contributed by atoms with Crippen LogP contribution in [0.25, 0.3) is 0 Å². The van der Waals surface area contributed by atoms with E-state index in [9.17, 15) is 4.79 Å². The Hall–Kier alpha value is -0.610. The van der Waals surface area contributed by atoms with Crippen molar-refractivity contribution in [2.75, 3.05) is 20.3 Å². The van der Waals surface area contributed by atoms with Crippen molar-refractivity contribution < 1.29 is 9.53 Å². The van der Waals surface area contributed by atoms with Crippen LogP contribution in [-0.2, 0) is 9.53 Å². The molecule has 0 heterocycles. The summed E-state index contributed by atoms with van der Waals surface area (Å²) in [6, 6.07) is 0.425. The summed E-state index contributed by atoms with van der Waals surface area (Å²) >= 11 is 0. The van der Waals surface area contributed by atoms with E-state index in [4.69, 9.17) is 10.5 Å². The largest absolute Gasteiger partial charge is 0.383 e. The molecule has 0 bridgehead atoms. The summed E-state index contributed by atoms with van der Waals surface area (Å²) in [7, 11) is 1.71. The van der Waals surface area contributed by atoms with E-state index in [1.807, 2.05) is 0 Å². The SMILES string of the molecule is CCC(COC)NCCCCC(N)=O. The van der Waals surface area contributed by atoms with Crippen LogP contribution in [0.3, 0.4) is 0 Å². The fourth-order valence-electron chi connectivity index (χ4n) is 1.25. The van der Waals surface area contributed by atoms with Crippen molar-refractivity contribution >= 4 is 5.91 Å². The molecule has 4 nitrogen and oxygen atoms in total. The van der Waals surface area contributed by atoms with Gasteiger partial charge in [0.2, 0.25) is 5.91 Å². The smallest absolute Gasteiger partial charge is 0.217 e. The lowest BCUT2D eigenvalue weighted by atomic mass is 10.2. The minimum Gasteiger partial charge on any atom is -0.383 e. The van der Waals surface area contributed by atoms with Crippen molar-refractivity contribution in [3.05, 3.63) is 0 Å². The van der Waals surface area contributed by atoms with Crippen molar-refractivity contribution in [1.29, 1.82) is 0 Å². The van der Waals surface area contributed by atoms with Gasteiger partial charge in [-0.1, -0.05) is 6.92 Å². The number of carbonyl (C=O) groups excluding carboxylic acids is 1. The summed E-state index contributed by atoms with van der Waals surface area (Å²) in [4.78, 5) is 10.4. The molecule has 4 heteroatoms. The van der Waals surface area contributed by atoms with Crippen LogP contribution in [0.15, 0.2) is 0 Å². The van der Waals surface area contributed by atoms with Crippen LogP contribution in [0, 0.1) is 0 Å². The number of methoxy groups -OCH3 is 1. The zero-order chi connectivity index (χ0) is 10.8. The Labute approximate surface area is 86.2 Å². The van der Waals surface area contributed by atoms with E-state index in [1.54, 1.807) is 7.11 Å². The lowest BCUT2D eigenvalue weighted by Gasteiger charge is -2.15. The first-order chi connectivity index (χ1) is 6.70. The van der Waals surface area contributed by atoms with Gasteiger partial charge in [-0.25, -0.2) is 0 Å². The predicted octanol–water partition coefficient (Wildman–Crippen LogP) is 0.657. The Morgan fingerprint density at radius 1 is 1.50 bits per heavy atom. The molecule has 84 valence electrons. The van der Waals surface area contributed by atoms with Crippen LogP contribution in [0.4, 0.5) is 0 Å². The molecule has 1 amide bonds. The highest BCUT2D eigenvalue weighted by Gasteiger charge is 2.03. The molecule has 0 aromatic rings. The van der Waals surface area contributed by atoms with E-state index < -0.39 is 0 Å². The van der Waals surface area contributed by atoms with Gasteiger partial charge < -0.3 is 15.8 Å². The third-order valence-electron chi connectivity index (χ3n) is 2.14. The van der Waals surface area contributed by atoms with Gasteiger partial charge in [-0.2, -0.15) is 0 Å². The lowest BCUT2D eigenvalue weighted by molar-refractivity contribution is -0.118. The Morgan fingerprint density at radius 2 is 2.21 bits per heavy atom. The zero-order valence-corrected chi connectivity index (χ0v) is 9.21. The second-order valence-electron chi connectivity index (χ2n) is 3.44. The molecule has 0 saturated carbocycles. The first-order valence-electron chi connectivity index (χ1n) is 5.21. The highest BCUT2D eigenvalue weighted by Crippen LogP contribution is 1.95. The molecule has 14 heavy (non-hydrogen) atoms. The molecule has 0 fully saturated rings. The third-order valence-corrected chi connectivity index (χ3v) is 2.14. The van der Waals surface area contributed by atoms with Crippen LogP contribution < -0.4 is 11.1 Å². The van der Waals surface area contributed by atoms with E-state index in [1.165, 1.54) is 0 Å². The van der Waals surface area contributed by atoms with Gasteiger partial charge >= 0.3 is 0 Å². The van der Waals surface area contributed by atoms with Crippen molar-refractivity contribution in [2.45, 2.75) is 38.6 Å². The van der Waals surface area contributed by atoms with E-state index in [2.05, 4.69) is 12.2 Å². The summed E-state index contributed by atoms with van der Waals surface area (Å²) < 4.78 is 5.05. The van der Waals surface area contributed by atoms with Crippen LogP contribution in [0.1, 0.15) is 32.6 Å². The molecule has 0 saturated heterocycles. The zero-order valence-electron chi connectivity index (χ0n) is 9.21. The minimum absolute atomic E-state index is 0.214. The second kappa shape index (κ2) is 8.97. The fraction of sp³-hybridized carbons (Fsp3) is 0.900. The normalized spacial score (nSPS) is 12.7. The van der Waals surface area contributed by atoms with Crippen LogP contribution in [0.2, 0.25) is 0 Å². The number of primary amides is 1. The molecule has 1 unspecified atom stereocenters. The van der Waals surface area contributed by atoms with Crippen molar-refractivity contribution in [2.24, 2.45) is 5.73 Å². The van der Waals surface area contributed by atoms with Crippen LogP contribution in [-0.4, -0.2) is 32.2 Å². The average molecular weight is 202 g/mol. The maximum atomic E-state index is 10.4. The number of rotatable bonds is 9. The standard InChI is InChI=1S/C10H22N2O2/c1-3-9(8-14-2)12-7-5-4-6-10(11)13/h9,12H,3-8H2,1-2H3,(H2,11,13). The molecular weight excluding hydrogens is 180 g/mol. The summed E-state index contributed by atoms with van der Waals surface area (Å²) in [6.07, 6.45) is 3.40. The quantitative estimate of drug-likeness (QED) is 0.540. The van der Waals surface area contributed by atoms with Gasteiger partial charge in [0.1, 0.15) is 0 Å². The summed E-state index contributed by atoms with van der Waals surface area (Å²) in [5.41, 5.74) is 5.03. The molecule has 0 aliphatic heterocycles. The summed E-state index contributed by atoms with van der Waals surface area (Å²) in [5, 5.41) is 3.37. The monoisotopic (exact) mass is 202 g/mol. The highest BCUT2D eigenvalue weighted by molar-refractivity contribution is 5.73. The predicted molar refractivity (Wildman–Crippen MR) is 57.0 cm³/mol. The third kappa shape index (κ3) is 8.01. The first-order valence-corrected chi connectivity index (χ1v) is 5.21. The number of carbonyl (C=O) groups is 1. The molecule has 1 atom stereocenters. The molecule has 3 N–H and O–H groups in total. The number of hydrogen-bond acceptors (Lipinski definition) is 3. The van der Waals surface area contributed by atoms with Gasteiger partial charge in [0.05, 0.1) is 6.61 Å². The number of ether oxygens (including phenoxy) is 1. The van der Waals surface area contributed by atoms with E-state index >= 15 is 0 Å². The summed E-state index contributed by atoms with van der Waals surface area (Å²) in [6.45, 7) is 3.79. The molecule has 0 aromatic carbocycles. The Bertz CT molecular complexity index is 151. The molecule has 0 spiro atoms. The number of hydrogen-bond donors (Lipinski definition) is 2. The van der Waals surface area contributed by atoms with Crippen LogP contribution in [0.5, 0.6) is 0 Å². The Morgan fingerprint density at radius 3 is 2.71 bits per heavy atom. The molecule has 0 aliphatic rings. The van der Waals surface area contributed by atoms with Crippen LogP contribution >= 0.6 is 0 Å². The molecule has 0 aromatic heterocycles. The number of nitrogens with one attached hydrogen (secondary N) is 1. The Kier molecular flexibility index (Phi) is 8.57. The first kappa shape index (κ1) is 13.4.